The van der Waals surface area contributed by atoms with Gasteiger partial charge in [0.05, 0.1) is 28.0 Å². The third-order valence-electron chi connectivity index (χ3n) is 4.59. The Morgan fingerprint density at radius 2 is 1.88 bits per heavy atom. The molecule has 5 nitrogen and oxygen atoms in total. The summed E-state index contributed by atoms with van der Waals surface area (Å²) in [6, 6.07) is 17.1. The highest BCUT2D eigenvalue weighted by Crippen LogP contribution is 2.39. The van der Waals surface area contributed by atoms with Crippen LogP contribution in [0.3, 0.4) is 0 Å². The lowest BCUT2D eigenvalue weighted by atomic mass is 10.0. The van der Waals surface area contributed by atoms with Crippen LogP contribution in [0.5, 0.6) is 5.75 Å². The Labute approximate surface area is 150 Å². The van der Waals surface area contributed by atoms with E-state index in [4.69, 9.17) is 4.52 Å². The molecule has 5 heteroatoms. The van der Waals surface area contributed by atoms with Crippen molar-refractivity contribution in [1.29, 1.82) is 5.26 Å². The van der Waals surface area contributed by atoms with Gasteiger partial charge in [0.25, 0.3) is 0 Å². The van der Waals surface area contributed by atoms with Crippen molar-refractivity contribution in [2.24, 2.45) is 0 Å². The van der Waals surface area contributed by atoms with Crippen LogP contribution < -0.4 is 0 Å². The fourth-order valence-corrected chi connectivity index (χ4v) is 3.42. The fourth-order valence-electron chi connectivity index (χ4n) is 3.42. The molecule has 0 aliphatic heterocycles. The number of hydrogen-bond acceptors (Lipinski definition) is 4. The highest BCUT2D eigenvalue weighted by Gasteiger charge is 2.25. The van der Waals surface area contributed by atoms with E-state index in [1.165, 1.54) is 0 Å². The van der Waals surface area contributed by atoms with Crippen LogP contribution in [0.4, 0.5) is 0 Å². The summed E-state index contributed by atoms with van der Waals surface area (Å²) < 4.78 is 7.53. The zero-order chi connectivity index (χ0) is 18.3. The van der Waals surface area contributed by atoms with Crippen LogP contribution in [0, 0.1) is 18.3 Å². The Kier molecular flexibility index (Phi) is 3.74. The van der Waals surface area contributed by atoms with Gasteiger partial charge in [-0.3, -0.25) is 0 Å². The summed E-state index contributed by atoms with van der Waals surface area (Å²) in [5.74, 6) is 0.949. The first kappa shape index (κ1) is 16.0. The molecule has 26 heavy (non-hydrogen) atoms. The van der Waals surface area contributed by atoms with Crippen molar-refractivity contribution >= 4 is 10.9 Å². The molecule has 0 amide bonds. The molecule has 4 aromatic rings. The van der Waals surface area contributed by atoms with Crippen LogP contribution >= 0.6 is 0 Å². The maximum Gasteiger partial charge on any atom is 0.146 e. The van der Waals surface area contributed by atoms with E-state index in [2.05, 4.69) is 11.2 Å². The summed E-state index contributed by atoms with van der Waals surface area (Å²) in [4.78, 5) is 0. The average Bonchev–Trinajstić information content (AvgIpc) is 3.19. The molecule has 0 unspecified atom stereocenters. The van der Waals surface area contributed by atoms with Crippen LogP contribution in [-0.4, -0.2) is 14.8 Å². The molecular formula is C21H17N3O2. The molecule has 4 rings (SSSR count). The number of nitrogens with zero attached hydrogens (tertiary/aromatic N) is 3. The number of hydrogen-bond donors (Lipinski definition) is 1. The maximum absolute atomic E-state index is 9.92. The molecule has 1 N–H and O–H groups in total. The van der Waals surface area contributed by atoms with Crippen molar-refractivity contribution in [1.82, 2.24) is 9.72 Å². The Bertz CT molecular complexity index is 1140. The number of aromatic nitrogens is 2. The van der Waals surface area contributed by atoms with Crippen molar-refractivity contribution in [3.63, 3.8) is 0 Å². The van der Waals surface area contributed by atoms with Crippen LogP contribution in [0.15, 0.2) is 53.1 Å². The van der Waals surface area contributed by atoms with Gasteiger partial charge in [-0.15, -0.1) is 0 Å². The fraction of sp³-hybridized carbons (Fsp3) is 0.143. The average molecular weight is 343 g/mol. The Balaban J connectivity index is 2.18. The SMILES string of the molecule is CCc1onc(C)c1-c1c(C#N)c2ccccc2n1-c1ccc(O)cc1. The van der Waals surface area contributed by atoms with Gasteiger partial charge in [0, 0.05) is 17.5 Å². The van der Waals surface area contributed by atoms with Crippen molar-refractivity contribution in [2.75, 3.05) is 0 Å². The standard InChI is InChI=1S/C21H17N3O2/c1-3-19-20(13(2)23-26-19)21-17(12-22)16-6-4-5-7-18(16)24(21)14-8-10-15(25)11-9-14/h4-11,25H,3H2,1-2H3. The number of para-hydroxylation sites is 1. The van der Waals surface area contributed by atoms with Crippen molar-refractivity contribution in [3.05, 3.63) is 65.5 Å². The molecule has 0 spiro atoms. The van der Waals surface area contributed by atoms with E-state index in [-0.39, 0.29) is 5.75 Å². The summed E-state index contributed by atoms with van der Waals surface area (Å²) >= 11 is 0. The topological polar surface area (TPSA) is 75.0 Å². The third kappa shape index (κ3) is 2.27. The Morgan fingerprint density at radius 3 is 2.58 bits per heavy atom. The monoisotopic (exact) mass is 343 g/mol. The quantitative estimate of drug-likeness (QED) is 0.583. The van der Waals surface area contributed by atoms with Gasteiger partial charge in [0.1, 0.15) is 17.6 Å². The van der Waals surface area contributed by atoms with Gasteiger partial charge in [-0.1, -0.05) is 30.3 Å². The molecular weight excluding hydrogens is 326 g/mol. The van der Waals surface area contributed by atoms with E-state index in [9.17, 15) is 10.4 Å². The number of phenols is 1. The maximum atomic E-state index is 9.92. The molecule has 0 fully saturated rings. The smallest absolute Gasteiger partial charge is 0.146 e. The van der Waals surface area contributed by atoms with Crippen LogP contribution in [-0.2, 0) is 6.42 Å². The summed E-state index contributed by atoms with van der Waals surface area (Å²) in [6.45, 7) is 3.89. The molecule has 0 radical (unpaired) electrons. The van der Waals surface area contributed by atoms with Crippen LogP contribution in [0.2, 0.25) is 0 Å². The molecule has 0 aliphatic rings. The number of aryl methyl sites for hydroxylation is 2. The van der Waals surface area contributed by atoms with Crippen LogP contribution in [0.25, 0.3) is 27.8 Å². The van der Waals surface area contributed by atoms with Gasteiger partial charge in [-0.25, -0.2) is 0 Å². The zero-order valence-corrected chi connectivity index (χ0v) is 14.5. The van der Waals surface area contributed by atoms with E-state index >= 15 is 0 Å². The lowest BCUT2D eigenvalue weighted by Crippen LogP contribution is -1.99. The second-order valence-electron chi connectivity index (χ2n) is 6.12. The number of nitriles is 1. The Hall–Kier alpha value is -3.52. The van der Waals surface area contributed by atoms with Crippen LogP contribution in [0.1, 0.15) is 23.9 Å². The zero-order valence-electron chi connectivity index (χ0n) is 14.5. The molecule has 0 saturated heterocycles. The number of benzene rings is 2. The molecule has 2 aromatic carbocycles. The predicted molar refractivity (Wildman–Crippen MR) is 99.3 cm³/mol. The van der Waals surface area contributed by atoms with Crippen molar-refractivity contribution in [3.8, 4) is 28.8 Å². The van der Waals surface area contributed by atoms with Gasteiger partial charge in [-0.05, 0) is 37.3 Å². The first-order valence-electron chi connectivity index (χ1n) is 8.44. The van der Waals surface area contributed by atoms with Gasteiger partial charge in [0.15, 0.2) is 0 Å². The summed E-state index contributed by atoms with van der Waals surface area (Å²) in [5, 5.41) is 24.6. The van der Waals surface area contributed by atoms with E-state index in [1.807, 2.05) is 54.8 Å². The second-order valence-corrected chi connectivity index (χ2v) is 6.12. The molecule has 0 aliphatic carbocycles. The summed E-state index contributed by atoms with van der Waals surface area (Å²) in [7, 11) is 0. The first-order valence-corrected chi connectivity index (χ1v) is 8.44. The third-order valence-corrected chi connectivity index (χ3v) is 4.59. The van der Waals surface area contributed by atoms with Gasteiger partial charge in [-0.2, -0.15) is 5.26 Å². The highest BCUT2D eigenvalue weighted by molar-refractivity contribution is 5.96. The lowest BCUT2D eigenvalue weighted by molar-refractivity contribution is 0.383. The molecule has 0 saturated carbocycles. The molecule has 128 valence electrons. The summed E-state index contributed by atoms with van der Waals surface area (Å²) in [6.07, 6.45) is 0.679. The van der Waals surface area contributed by atoms with Gasteiger partial charge in [0.2, 0.25) is 0 Å². The highest BCUT2D eigenvalue weighted by atomic mass is 16.5. The predicted octanol–water partition coefficient (Wildman–Crippen LogP) is 4.73. The van der Waals surface area contributed by atoms with E-state index < -0.39 is 0 Å². The molecule has 0 atom stereocenters. The normalized spacial score (nSPS) is 11.0. The van der Waals surface area contributed by atoms with Gasteiger partial charge >= 0.3 is 0 Å². The molecule has 2 aromatic heterocycles. The van der Waals surface area contributed by atoms with Crippen molar-refractivity contribution in [2.45, 2.75) is 20.3 Å². The largest absolute Gasteiger partial charge is 0.508 e. The number of phenolic OH excluding ortho intramolecular Hbond substituents is 1. The lowest BCUT2D eigenvalue weighted by Gasteiger charge is -2.12. The Morgan fingerprint density at radius 1 is 1.15 bits per heavy atom. The molecule has 0 bridgehead atoms. The van der Waals surface area contributed by atoms with Crippen molar-refractivity contribution < 1.29 is 9.63 Å². The number of fused-ring (bicyclic) bond motifs is 1. The minimum Gasteiger partial charge on any atom is -0.508 e. The van der Waals surface area contributed by atoms with Gasteiger partial charge < -0.3 is 14.2 Å². The number of rotatable bonds is 3. The minimum atomic E-state index is 0.197. The number of aromatic hydroxyl groups is 1. The first-order chi connectivity index (χ1) is 12.7. The summed E-state index contributed by atoms with van der Waals surface area (Å²) in [5.41, 5.74) is 4.75. The van der Waals surface area contributed by atoms with E-state index in [0.717, 1.165) is 39.3 Å². The van der Waals surface area contributed by atoms with E-state index in [1.54, 1.807) is 12.1 Å². The second kappa shape index (κ2) is 6.08. The minimum absolute atomic E-state index is 0.197. The van der Waals surface area contributed by atoms with E-state index in [0.29, 0.717) is 12.0 Å². The molecule has 2 heterocycles.